The molecule has 0 aromatic heterocycles. The van der Waals surface area contributed by atoms with Gasteiger partial charge in [0.25, 0.3) is 6.47 Å². The molecule has 0 spiro atoms. The Morgan fingerprint density at radius 1 is 1.37 bits per heavy atom. The molecule has 1 atom stereocenters. The van der Waals surface area contributed by atoms with E-state index in [0.29, 0.717) is 12.3 Å². The van der Waals surface area contributed by atoms with Gasteiger partial charge in [-0.2, -0.15) is 0 Å². The fraction of sp³-hybridized carbons (Fsp3) is 0.467. The predicted octanol–water partition coefficient (Wildman–Crippen LogP) is 2.77. The molecule has 19 heavy (non-hydrogen) atoms. The van der Waals surface area contributed by atoms with Crippen LogP contribution in [0.25, 0.3) is 0 Å². The Morgan fingerprint density at radius 3 is 2.32 bits per heavy atom. The summed E-state index contributed by atoms with van der Waals surface area (Å²) < 4.78 is 0. The maximum absolute atomic E-state index is 12.0. The van der Waals surface area contributed by atoms with Crippen LogP contribution in [0.2, 0.25) is 0 Å². The first-order valence-electron chi connectivity index (χ1n) is 6.49. The van der Waals surface area contributed by atoms with Crippen molar-refractivity contribution < 1.29 is 14.7 Å². The molecular formula is C15H21NO3. The zero-order valence-corrected chi connectivity index (χ0v) is 11.7. The van der Waals surface area contributed by atoms with Gasteiger partial charge in [-0.1, -0.05) is 31.5 Å². The van der Waals surface area contributed by atoms with E-state index < -0.39 is 0 Å². The van der Waals surface area contributed by atoms with Gasteiger partial charge in [-0.25, -0.2) is 0 Å². The topological polar surface area (TPSA) is 57.6 Å². The minimum Gasteiger partial charge on any atom is -0.483 e. The second-order valence-electron chi connectivity index (χ2n) is 4.83. The van der Waals surface area contributed by atoms with Crippen LogP contribution in [0.4, 0.5) is 5.69 Å². The van der Waals surface area contributed by atoms with Crippen LogP contribution >= 0.6 is 0 Å². The number of nitrogens with zero attached hydrogens (tertiary/aromatic N) is 1. The van der Waals surface area contributed by atoms with Gasteiger partial charge in [0.2, 0.25) is 5.91 Å². The van der Waals surface area contributed by atoms with E-state index in [0.717, 1.165) is 18.7 Å². The average Bonchev–Trinajstić information content (AvgIpc) is 2.72. The smallest absolute Gasteiger partial charge is 0.290 e. The minimum absolute atomic E-state index is 0.250. The van der Waals surface area contributed by atoms with Crippen molar-refractivity contribution in [3.63, 3.8) is 0 Å². The average molecular weight is 263 g/mol. The first-order valence-corrected chi connectivity index (χ1v) is 6.49. The van der Waals surface area contributed by atoms with Crippen molar-refractivity contribution in [3.05, 3.63) is 29.3 Å². The fourth-order valence-electron chi connectivity index (χ4n) is 2.50. The van der Waals surface area contributed by atoms with Crippen molar-refractivity contribution >= 4 is 18.1 Å². The molecule has 1 unspecified atom stereocenters. The molecular weight excluding hydrogens is 242 g/mol. The van der Waals surface area contributed by atoms with Crippen molar-refractivity contribution in [2.75, 3.05) is 11.4 Å². The van der Waals surface area contributed by atoms with Crippen molar-refractivity contribution in [2.45, 2.75) is 33.6 Å². The van der Waals surface area contributed by atoms with Gasteiger partial charge >= 0.3 is 0 Å². The molecule has 1 aromatic rings. The third kappa shape index (κ3) is 3.56. The maximum Gasteiger partial charge on any atom is 0.290 e. The molecule has 1 aliphatic heterocycles. The van der Waals surface area contributed by atoms with E-state index in [9.17, 15) is 4.79 Å². The van der Waals surface area contributed by atoms with Gasteiger partial charge in [-0.15, -0.1) is 0 Å². The number of hydrogen-bond donors (Lipinski definition) is 1. The third-order valence-electron chi connectivity index (χ3n) is 3.49. The highest BCUT2D eigenvalue weighted by molar-refractivity contribution is 5.97. The van der Waals surface area contributed by atoms with Crippen LogP contribution in [0.3, 0.4) is 0 Å². The first-order chi connectivity index (χ1) is 9.04. The molecule has 1 heterocycles. The number of amides is 1. The number of carbonyl (C=O) groups excluding carboxylic acids is 1. The zero-order chi connectivity index (χ0) is 14.4. The van der Waals surface area contributed by atoms with E-state index in [1.54, 1.807) is 0 Å². The largest absolute Gasteiger partial charge is 0.483 e. The minimum atomic E-state index is -0.250. The van der Waals surface area contributed by atoms with Crippen molar-refractivity contribution in [3.8, 4) is 0 Å². The van der Waals surface area contributed by atoms with E-state index in [1.807, 2.05) is 11.0 Å². The van der Waals surface area contributed by atoms with Crippen LogP contribution < -0.4 is 4.90 Å². The van der Waals surface area contributed by atoms with E-state index in [-0.39, 0.29) is 12.4 Å². The summed E-state index contributed by atoms with van der Waals surface area (Å²) in [6, 6.07) is 6.20. The summed E-state index contributed by atoms with van der Waals surface area (Å²) in [5, 5.41) is 6.89. The summed E-state index contributed by atoms with van der Waals surface area (Å²) in [5.74, 6) is 0.816. The molecule has 1 N–H and O–H groups in total. The van der Waals surface area contributed by atoms with Gasteiger partial charge in [-0.3, -0.25) is 9.59 Å². The summed E-state index contributed by atoms with van der Waals surface area (Å²) in [6.45, 7) is 6.96. The van der Waals surface area contributed by atoms with Crippen molar-refractivity contribution in [1.29, 1.82) is 0 Å². The third-order valence-corrected chi connectivity index (χ3v) is 3.49. The van der Waals surface area contributed by atoms with Crippen molar-refractivity contribution in [1.82, 2.24) is 0 Å². The van der Waals surface area contributed by atoms with Crippen LogP contribution in [0, 0.1) is 19.8 Å². The predicted molar refractivity (Wildman–Crippen MR) is 75.4 cm³/mol. The number of benzene rings is 1. The molecule has 1 aliphatic rings. The molecule has 1 aromatic carbocycles. The van der Waals surface area contributed by atoms with Gasteiger partial charge in [0.05, 0.1) is 0 Å². The summed E-state index contributed by atoms with van der Waals surface area (Å²) in [6.07, 6.45) is 1.80. The van der Waals surface area contributed by atoms with Crippen LogP contribution in [-0.2, 0) is 9.59 Å². The number of carboxylic acid groups (broad SMARTS) is 1. The number of carbonyl (C=O) groups is 2. The highest BCUT2D eigenvalue weighted by Crippen LogP contribution is 2.31. The lowest BCUT2D eigenvalue weighted by Crippen LogP contribution is -2.26. The van der Waals surface area contributed by atoms with Gasteiger partial charge in [-0.05, 0) is 30.9 Å². The lowest BCUT2D eigenvalue weighted by Gasteiger charge is -2.21. The summed E-state index contributed by atoms with van der Waals surface area (Å²) in [4.78, 5) is 22.3. The Morgan fingerprint density at radius 2 is 1.89 bits per heavy atom. The molecule has 4 nitrogen and oxygen atoms in total. The molecule has 104 valence electrons. The van der Waals surface area contributed by atoms with E-state index in [1.165, 1.54) is 11.1 Å². The Kier molecular flexibility index (Phi) is 5.55. The quantitative estimate of drug-likeness (QED) is 0.835. The highest BCUT2D eigenvalue weighted by atomic mass is 16.3. The second-order valence-corrected chi connectivity index (χ2v) is 4.83. The summed E-state index contributed by atoms with van der Waals surface area (Å²) in [7, 11) is 0. The van der Waals surface area contributed by atoms with E-state index in [2.05, 4.69) is 32.9 Å². The molecule has 1 amide bonds. The number of aryl methyl sites for hydroxylation is 2. The lowest BCUT2D eigenvalue weighted by atomic mass is 10.1. The molecule has 0 bridgehead atoms. The SMILES string of the molecule is CCC1CC(=O)N(c2c(C)cccc2C)C1.O=CO. The van der Waals surface area contributed by atoms with Gasteiger partial charge in [0.1, 0.15) is 0 Å². The van der Waals surface area contributed by atoms with Gasteiger partial charge in [0.15, 0.2) is 0 Å². The monoisotopic (exact) mass is 263 g/mol. The fourth-order valence-corrected chi connectivity index (χ4v) is 2.50. The summed E-state index contributed by atoms with van der Waals surface area (Å²) >= 11 is 0. The lowest BCUT2D eigenvalue weighted by molar-refractivity contribution is -0.123. The van der Waals surface area contributed by atoms with E-state index >= 15 is 0 Å². The standard InChI is InChI=1S/C14H19NO.CH2O2/c1-4-12-8-13(16)15(9-12)14-10(2)6-5-7-11(14)3;2-1-3/h5-7,12H,4,8-9H2,1-3H3;1H,(H,2,3). The Hall–Kier alpha value is -1.84. The first kappa shape index (κ1) is 15.2. The summed E-state index contributed by atoms with van der Waals surface area (Å²) in [5.41, 5.74) is 3.53. The Labute approximate surface area is 114 Å². The molecule has 0 aliphatic carbocycles. The second kappa shape index (κ2) is 6.92. The molecule has 0 saturated carbocycles. The molecule has 1 fully saturated rings. The zero-order valence-electron chi connectivity index (χ0n) is 11.7. The molecule has 4 heteroatoms. The van der Waals surface area contributed by atoms with Crippen LogP contribution in [0.1, 0.15) is 30.9 Å². The van der Waals surface area contributed by atoms with Crippen LogP contribution in [0.5, 0.6) is 0 Å². The normalized spacial score (nSPS) is 17.9. The van der Waals surface area contributed by atoms with Crippen molar-refractivity contribution in [2.24, 2.45) is 5.92 Å². The number of para-hydroxylation sites is 1. The van der Waals surface area contributed by atoms with Gasteiger partial charge < -0.3 is 10.0 Å². The number of rotatable bonds is 2. The Balaban J connectivity index is 0.000000550. The highest BCUT2D eigenvalue weighted by Gasteiger charge is 2.30. The van der Waals surface area contributed by atoms with E-state index in [4.69, 9.17) is 9.90 Å². The molecule has 1 saturated heterocycles. The number of hydrogen-bond acceptors (Lipinski definition) is 2. The van der Waals surface area contributed by atoms with Crippen LogP contribution in [0.15, 0.2) is 18.2 Å². The Bertz CT molecular complexity index is 436. The van der Waals surface area contributed by atoms with Gasteiger partial charge in [0, 0.05) is 18.7 Å². The molecule has 0 radical (unpaired) electrons. The molecule has 2 rings (SSSR count). The van der Waals surface area contributed by atoms with Crippen LogP contribution in [-0.4, -0.2) is 24.0 Å². The maximum atomic E-state index is 12.0. The number of anilines is 1.